The first-order valence-electron chi connectivity index (χ1n) is 9.48. The summed E-state index contributed by atoms with van der Waals surface area (Å²) in [5.74, 6) is 0.0145. The maximum atomic E-state index is 12.8. The minimum atomic E-state index is -3.45. The molecule has 25 heavy (non-hydrogen) atoms. The van der Waals surface area contributed by atoms with Crippen molar-refractivity contribution in [2.75, 3.05) is 26.2 Å². The molecule has 5 nitrogen and oxygen atoms in total. The van der Waals surface area contributed by atoms with Gasteiger partial charge in [0.15, 0.2) is 0 Å². The van der Waals surface area contributed by atoms with E-state index in [4.69, 9.17) is 0 Å². The molecule has 0 aliphatic carbocycles. The second kappa shape index (κ2) is 8.32. The predicted molar refractivity (Wildman–Crippen MR) is 98.0 cm³/mol. The summed E-state index contributed by atoms with van der Waals surface area (Å²) < 4.78 is 27.2. The molecule has 0 bridgehead atoms. The van der Waals surface area contributed by atoms with Crippen LogP contribution in [0.15, 0.2) is 29.2 Å². The molecule has 2 saturated heterocycles. The molecule has 0 N–H and O–H groups in total. The van der Waals surface area contributed by atoms with Gasteiger partial charge in [0.2, 0.25) is 10.0 Å². The molecular weight excluding hydrogens is 336 g/mol. The van der Waals surface area contributed by atoms with Crippen LogP contribution in [0.3, 0.4) is 0 Å². The van der Waals surface area contributed by atoms with Gasteiger partial charge < -0.3 is 4.90 Å². The summed E-state index contributed by atoms with van der Waals surface area (Å²) in [6.45, 7) is 2.78. The van der Waals surface area contributed by atoms with Gasteiger partial charge in [0.25, 0.3) is 5.91 Å². The maximum absolute atomic E-state index is 12.8. The normalized spacial score (nSPS) is 20.7. The Balaban J connectivity index is 1.73. The van der Waals surface area contributed by atoms with E-state index < -0.39 is 10.0 Å². The van der Waals surface area contributed by atoms with Gasteiger partial charge in [0, 0.05) is 31.7 Å². The quantitative estimate of drug-likeness (QED) is 0.827. The number of amides is 1. The highest BCUT2D eigenvalue weighted by Gasteiger charge is 2.25. The number of likely N-dealkylation sites (tertiary alicyclic amines) is 1. The smallest absolute Gasteiger partial charge is 0.253 e. The van der Waals surface area contributed by atoms with Gasteiger partial charge in [-0.3, -0.25) is 4.79 Å². The summed E-state index contributed by atoms with van der Waals surface area (Å²) in [6, 6.07) is 6.51. The van der Waals surface area contributed by atoms with Crippen molar-refractivity contribution >= 4 is 15.9 Å². The Kier molecular flexibility index (Phi) is 6.12. The monoisotopic (exact) mass is 364 g/mol. The third-order valence-electron chi connectivity index (χ3n) is 5.20. The zero-order chi connectivity index (χ0) is 17.7. The first kappa shape index (κ1) is 18.4. The molecule has 0 radical (unpaired) electrons. The van der Waals surface area contributed by atoms with Gasteiger partial charge in [-0.15, -0.1) is 0 Å². The molecule has 0 unspecified atom stereocenters. The zero-order valence-electron chi connectivity index (χ0n) is 14.8. The minimum Gasteiger partial charge on any atom is -0.339 e. The molecule has 1 aromatic rings. The summed E-state index contributed by atoms with van der Waals surface area (Å²) >= 11 is 0. The van der Waals surface area contributed by atoms with E-state index in [1.807, 2.05) is 4.90 Å². The van der Waals surface area contributed by atoms with E-state index in [0.717, 1.165) is 51.6 Å². The fraction of sp³-hybridized carbons (Fsp3) is 0.632. The summed E-state index contributed by atoms with van der Waals surface area (Å²) in [5.41, 5.74) is 0.580. The average Bonchev–Trinajstić information content (AvgIpc) is 3.06. The van der Waals surface area contributed by atoms with E-state index >= 15 is 0 Å². The first-order valence-corrected chi connectivity index (χ1v) is 10.9. The standard InChI is InChI=1S/C19H28N2O3S/c22-19(20-13-5-1-2-6-14-20)17-9-11-18(12-10-17)25(23,24)21-15-7-3-4-8-16-21/h9-12H,1-8,13-16H2. The van der Waals surface area contributed by atoms with E-state index in [0.29, 0.717) is 23.5 Å². The Labute approximate surface area is 151 Å². The highest BCUT2D eigenvalue weighted by molar-refractivity contribution is 7.89. The molecular formula is C19H28N2O3S. The van der Waals surface area contributed by atoms with Crippen LogP contribution in [-0.4, -0.2) is 49.7 Å². The van der Waals surface area contributed by atoms with E-state index in [1.165, 1.54) is 12.8 Å². The van der Waals surface area contributed by atoms with Crippen molar-refractivity contribution in [3.63, 3.8) is 0 Å². The van der Waals surface area contributed by atoms with E-state index in [9.17, 15) is 13.2 Å². The molecule has 0 saturated carbocycles. The SMILES string of the molecule is O=C(c1ccc(S(=O)(=O)N2CCCCCC2)cc1)N1CCCCCC1. The molecule has 2 aliphatic rings. The Morgan fingerprint density at radius 1 is 0.720 bits per heavy atom. The van der Waals surface area contributed by atoms with Crippen LogP contribution in [-0.2, 0) is 10.0 Å². The second-order valence-corrected chi connectivity index (χ2v) is 8.99. The highest BCUT2D eigenvalue weighted by atomic mass is 32.2. The number of carbonyl (C=O) groups excluding carboxylic acids is 1. The van der Waals surface area contributed by atoms with Crippen LogP contribution >= 0.6 is 0 Å². The van der Waals surface area contributed by atoms with Crippen molar-refractivity contribution in [2.45, 2.75) is 56.3 Å². The van der Waals surface area contributed by atoms with E-state index in [2.05, 4.69) is 0 Å². The van der Waals surface area contributed by atoms with E-state index in [1.54, 1.807) is 28.6 Å². The molecule has 3 rings (SSSR count). The molecule has 0 spiro atoms. The lowest BCUT2D eigenvalue weighted by Crippen LogP contribution is -2.33. The Morgan fingerprint density at radius 2 is 1.20 bits per heavy atom. The third-order valence-corrected chi connectivity index (χ3v) is 7.11. The van der Waals surface area contributed by atoms with Gasteiger partial charge in [0.05, 0.1) is 4.90 Å². The van der Waals surface area contributed by atoms with Crippen molar-refractivity contribution < 1.29 is 13.2 Å². The molecule has 1 aromatic carbocycles. The van der Waals surface area contributed by atoms with Gasteiger partial charge in [-0.25, -0.2) is 8.42 Å². The molecule has 6 heteroatoms. The molecule has 1 amide bonds. The summed E-state index contributed by atoms with van der Waals surface area (Å²) in [7, 11) is -3.45. The van der Waals surface area contributed by atoms with E-state index in [-0.39, 0.29) is 5.91 Å². The molecule has 138 valence electrons. The van der Waals surface area contributed by atoms with Crippen LogP contribution in [0.1, 0.15) is 61.7 Å². The lowest BCUT2D eigenvalue weighted by Gasteiger charge is -2.21. The topological polar surface area (TPSA) is 57.7 Å². The number of carbonyl (C=O) groups is 1. The molecule has 0 aromatic heterocycles. The summed E-state index contributed by atoms with van der Waals surface area (Å²) in [4.78, 5) is 14.8. The van der Waals surface area contributed by atoms with Crippen molar-refractivity contribution in [2.24, 2.45) is 0 Å². The number of nitrogens with zero attached hydrogens (tertiary/aromatic N) is 2. The van der Waals surface area contributed by atoms with Gasteiger partial charge in [-0.2, -0.15) is 4.31 Å². The number of sulfonamides is 1. The third kappa shape index (κ3) is 4.42. The van der Waals surface area contributed by atoms with Gasteiger partial charge in [-0.1, -0.05) is 25.7 Å². The van der Waals surface area contributed by atoms with Gasteiger partial charge in [-0.05, 0) is 49.9 Å². The lowest BCUT2D eigenvalue weighted by molar-refractivity contribution is 0.0761. The average molecular weight is 365 g/mol. The Hall–Kier alpha value is -1.40. The fourth-order valence-corrected chi connectivity index (χ4v) is 5.17. The second-order valence-electron chi connectivity index (χ2n) is 7.05. The van der Waals surface area contributed by atoms with Crippen molar-refractivity contribution in [1.29, 1.82) is 0 Å². The first-order chi connectivity index (χ1) is 12.1. The Morgan fingerprint density at radius 3 is 1.72 bits per heavy atom. The van der Waals surface area contributed by atoms with Crippen LogP contribution in [0.5, 0.6) is 0 Å². The summed E-state index contributed by atoms with van der Waals surface area (Å²) in [6.07, 6.45) is 8.48. The summed E-state index contributed by atoms with van der Waals surface area (Å²) in [5, 5.41) is 0. The van der Waals surface area contributed by atoms with Crippen LogP contribution in [0, 0.1) is 0 Å². The van der Waals surface area contributed by atoms with Gasteiger partial charge >= 0.3 is 0 Å². The molecule has 0 atom stereocenters. The fourth-order valence-electron chi connectivity index (χ4n) is 3.66. The highest BCUT2D eigenvalue weighted by Crippen LogP contribution is 2.21. The molecule has 2 fully saturated rings. The van der Waals surface area contributed by atoms with Crippen molar-refractivity contribution in [1.82, 2.24) is 9.21 Å². The Bertz CT molecular complexity index is 669. The molecule has 2 heterocycles. The van der Waals surface area contributed by atoms with Crippen molar-refractivity contribution in [3.05, 3.63) is 29.8 Å². The lowest BCUT2D eigenvalue weighted by atomic mass is 10.2. The van der Waals surface area contributed by atoms with Crippen molar-refractivity contribution in [3.8, 4) is 0 Å². The van der Waals surface area contributed by atoms with Crippen LogP contribution in [0.25, 0.3) is 0 Å². The zero-order valence-corrected chi connectivity index (χ0v) is 15.6. The largest absolute Gasteiger partial charge is 0.339 e. The van der Waals surface area contributed by atoms with Crippen LogP contribution in [0.2, 0.25) is 0 Å². The number of hydrogen-bond acceptors (Lipinski definition) is 3. The number of benzene rings is 1. The predicted octanol–water partition coefficient (Wildman–Crippen LogP) is 3.27. The van der Waals surface area contributed by atoms with Crippen LogP contribution in [0.4, 0.5) is 0 Å². The number of rotatable bonds is 3. The van der Waals surface area contributed by atoms with Crippen LogP contribution < -0.4 is 0 Å². The maximum Gasteiger partial charge on any atom is 0.253 e. The molecule has 2 aliphatic heterocycles. The number of hydrogen-bond donors (Lipinski definition) is 0. The van der Waals surface area contributed by atoms with Gasteiger partial charge in [0.1, 0.15) is 0 Å². The minimum absolute atomic E-state index is 0.0145.